The van der Waals surface area contributed by atoms with E-state index >= 15 is 0 Å². The van der Waals surface area contributed by atoms with Gasteiger partial charge in [-0.3, -0.25) is 0 Å². The van der Waals surface area contributed by atoms with E-state index in [1.54, 1.807) is 13.2 Å². The number of rotatable bonds is 4. The molecule has 1 aliphatic rings. The zero-order valence-corrected chi connectivity index (χ0v) is 10.0. The summed E-state index contributed by atoms with van der Waals surface area (Å²) in [5.41, 5.74) is 6.19. The van der Waals surface area contributed by atoms with E-state index < -0.39 is 5.54 Å². The van der Waals surface area contributed by atoms with Gasteiger partial charge in [-0.1, -0.05) is 10.3 Å². The summed E-state index contributed by atoms with van der Waals surface area (Å²) in [6.45, 7) is 0.356. The Kier molecular flexibility index (Phi) is 2.64. The van der Waals surface area contributed by atoms with Gasteiger partial charge < -0.3 is 19.5 Å². The third kappa shape index (κ3) is 1.81. The summed E-state index contributed by atoms with van der Waals surface area (Å²) in [6, 6.07) is 1.71. The molecular formula is C11H14N4O3. The smallest absolute Gasteiger partial charge is 0.280 e. The monoisotopic (exact) mass is 250 g/mol. The third-order valence-electron chi connectivity index (χ3n) is 3.18. The van der Waals surface area contributed by atoms with E-state index in [9.17, 15) is 0 Å². The van der Waals surface area contributed by atoms with Gasteiger partial charge in [-0.15, -0.1) is 0 Å². The number of methoxy groups -OCH3 is 1. The van der Waals surface area contributed by atoms with Gasteiger partial charge in [0.1, 0.15) is 6.61 Å². The molecule has 2 heterocycles. The van der Waals surface area contributed by atoms with Crippen molar-refractivity contribution in [2.24, 2.45) is 5.73 Å². The summed E-state index contributed by atoms with van der Waals surface area (Å²) < 4.78 is 15.2. The second-order valence-electron chi connectivity index (χ2n) is 4.54. The molecule has 1 fully saturated rings. The second kappa shape index (κ2) is 4.18. The predicted molar refractivity (Wildman–Crippen MR) is 60.2 cm³/mol. The molecule has 1 aliphatic carbocycles. The third-order valence-corrected chi connectivity index (χ3v) is 3.18. The van der Waals surface area contributed by atoms with Crippen LogP contribution in [0.3, 0.4) is 0 Å². The number of ether oxygens (including phenoxy) is 1. The van der Waals surface area contributed by atoms with E-state index in [1.807, 2.05) is 0 Å². The van der Waals surface area contributed by atoms with Crippen LogP contribution >= 0.6 is 0 Å². The molecule has 96 valence electrons. The highest BCUT2D eigenvalue weighted by atomic mass is 16.5. The van der Waals surface area contributed by atoms with Gasteiger partial charge in [0.15, 0.2) is 17.3 Å². The molecule has 2 N–H and O–H groups in total. The minimum Gasteiger partial charge on any atom is -0.377 e. The van der Waals surface area contributed by atoms with Gasteiger partial charge in [-0.25, -0.2) is 0 Å². The van der Waals surface area contributed by atoms with E-state index in [0.717, 1.165) is 19.3 Å². The lowest BCUT2D eigenvalue weighted by atomic mass is 9.77. The van der Waals surface area contributed by atoms with Crippen LogP contribution in [0.5, 0.6) is 0 Å². The second-order valence-corrected chi connectivity index (χ2v) is 4.54. The molecule has 0 saturated heterocycles. The van der Waals surface area contributed by atoms with Crippen molar-refractivity contribution >= 4 is 0 Å². The number of nitrogens with two attached hydrogens (primary N) is 1. The Morgan fingerprint density at radius 1 is 1.39 bits per heavy atom. The summed E-state index contributed by atoms with van der Waals surface area (Å²) in [5.74, 6) is 1.48. The Morgan fingerprint density at radius 2 is 2.22 bits per heavy atom. The van der Waals surface area contributed by atoms with Gasteiger partial charge >= 0.3 is 0 Å². The summed E-state index contributed by atoms with van der Waals surface area (Å²) >= 11 is 0. The average Bonchev–Trinajstić information content (AvgIpc) is 2.94. The van der Waals surface area contributed by atoms with E-state index in [2.05, 4.69) is 15.3 Å². The number of hydrogen-bond donors (Lipinski definition) is 1. The van der Waals surface area contributed by atoms with Gasteiger partial charge in [-0.05, 0) is 19.3 Å². The molecule has 0 radical (unpaired) electrons. The van der Waals surface area contributed by atoms with Crippen molar-refractivity contribution in [1.29, 1.82) is 0 Å². The average molecular weight is 250 g/mol. The van der Waals surface area contributed by atoms with Crippen molar-refractivity contribution in [2.75, 3.05) is 7.11 Å². The lowest BCUT2D eigenvalue weighted by Crippen LogP contribution is -2.44. The first kappa shape index (κ1) is 11.4. The summed E-state index contributed by atoms with van der Waals surface area (Å²) in [7, 11) is 1.59. The van der Waals surface area contributed by atoms with Crippen LogP contribution in [0.4, 0.5) is 0 Å². The van der Waals surface area contributed by atoms with Gasteiger partial charge in [0.2, 0.25) is 0 Å². The highest BCUT2D eigenvalue weighted by molar-refractivity contribution is 5.46. The van der Waals surface area contributed by atoms with Gasteiger partial charge in [0, 0.05) is 13.2 Å². The predicted octanol–water partition coefficient (Wildman–Crippen LogP) is 1.21. The Bertz CT molecular complexity index is 544. The largest absolute Gasteiger partial charge is 0.377 e. The molecule has 0 spiro atoms. The molecular weight excluding hydrogens is 236 g/mol. The molecule has 0 aliphatic heterocycles. The molecule has 1 saturated carbocycles. The highest BCUT2D eigenvalue weighted by Gasteiger charge is 2.39. The molecule has 0 bridgehead atoms. The summed E-state index contributed by atoms with van der Waals surface area (Å²) in [4.78, 5) is 4.28. The molecule has 2 aromatic rings. The Balaban J connectivity index is 1.83. The van der Waals surface area contributed by atoms with Gasteiger partial charge in [0.25, 0.3) is 5.89 Å². The Morgan fingerprint density at radius 3 is 2.89 bits per heavy atom. The molecule has 2 aromatic heterocycles. The van der Waals surface area contributed by atoms with Crippen LogP contribution in [-0.2, 0) is 16.9 Å². The topological polar surface area (TPSA) is 100 Å². The van der Waals surface area contributed by atoms with Crippen molar-refractivity contribution in [3.8, 4) is 11.6 Å². The van der Waals surface area contributed by atoms with Crippen LogP contribution in [0, 0.1) is 0 Å². The van der Waals surface area contributed by atoms with Crippen molar-refractivity contribution < 1.29 is 13.8 Å². The zero-order valence-electron chi connectivity index (χ0n) is 10.0. The standard InChI is InChI=1S/C11H14N4O3/c1-16-6-7-5-8(14-17-7)9-13-10(15-18-9)11(12)3-2-4-11/h5H,2-4,6,12H2,1H3. The maximum absolute atomic E-state index is 6.12. The van der Waals surface area contributed by atoms with Crippen molar-refractivity contribution in [3.63, 3.8) is 0 Å². The lowest BCUT2D eigenvalue weighted by Gasteiger charge is -2.34. The van der Waals surface area contributed by atoms with Crippen LogP contribution in [0.1, 0.15) is 30.8 Å². The Labute approximate surface area is 103 Å². The van der Waals surface area contributed by atoms with Crippen LogP contribution < -0.4 is 5.73 Å². The van der Waals surface area contributed by atoms with Gasteiger partial charge in [-0.2, -0.15) is 4.98 Å². The summed E-state index contributed by atoms with van der Waals surface area (Å²) in [6.07, 6.45) is 2.88. The van der Waals surface area contributed by atoms with E-state index in [1.165, 1.54) is 0 Å². The first-order valence-electron chi connectivity index (χ1n) is 5.79. The zero-order chi connectivity index (χ0) is 12.6. The first-order chi connectivity index (χ1) is 8.71. The fourth-order valence-corrected chi connectivity index (χ4v) is 1.94. The van der Waals surface area contributed by atoms with Crippen molar-refractivity contribution in [3.05, 3.63) is 17.7 Å². The fraction of sp³-hybridized carbons (Fsp3) is 0.545. The van der Waals surface area contributed by atoms with Crippen LogP contribution in [0.2, 0.25) is 0 Å². The molecule has 18 heavy (non-hydrogen) atoms. The molecule has 3 rings (SSSR count). The maximum atomic E-state index is 6.12. The molecule has 7 nitrogen and oxygen atoms in total. The van der Waals surface area contributed by atoms with E-state index in [0.29, 0.717) is 29.8 Å². The number of nitrogens with zero attached hydrogens (tertiary/aromatic N) is 3. The van der Waals surface area contributed by atoms with E-state index in [4.69, 9.17) is 19.5 Å². The van der Waals surface area contributed by atoms with E-state index in [-0.39, 0.29) is 0 Å². The molecule has 0 aromatic carbocycles. The number of aromatic nitrogens is 3. The van der Waals surface area contributed by atoms with Crippen molar-refractivity contribution in [1.82, 2.24) is 15.3 Å². The van der Waals surface area contributed by atoms with Crippen LogP contribution in [0.25, 0.3) is 11.6 Å². The van der Waals surface area contributed by atoms with Gasteiger partial charge in [0.05, 0.1) is 5.54 Å². The molecule has 0 unspecified atom stereocenters. The molecule has 0 atom stereocenters. The Hall–Kier alpha value is -1.73. The van der Waals surface area contributed by atoms with Crippen LogP contribution in [0.15, 0.2) is 15.1 Å². The fourth-order valence-electron chi connectivity index (χ4n) is 1.94. The molecule has 7 heteroatoms. The summed E-state index contributed by atoms with van der Waals surface area (Å²) in [5, 5.41) is 7.77. The van der Waals surface area contributed by atoms with Crippen molar-refractivity contribution in [2.45, 2.75) is 31.4 Å². The quantitative estimate of drug-likeness (QED) is 0.870. The first-order valence-corrected chi connectivity index (χ1v) is 5.79. The normalized spacial score (nSPS) is 17.7. The minimum atomic E-state index is -0.430. The SMILES string of the molecule is COCc1cc(-c2nc(C3(N)CCC3)no2)no1. The minimum absolute atomic E-state index is 0.327. The lowest BCUT2D eigenvalue weighted by molar-refractivity contribution is 0.156. The molecule has 0 amide bonds. The number of hydrogen-bond acceptors (Lipinski definition) is 7. The maximum Gasteiger partial charge on any atom is 0.280 e. The van der Waals surface area contributed by atoms with Crippen LogP contribution in [-0.4, -0.2) is 22.4 Å². The highest BCUT2D eigenvalue weighted by Crippen LogP contribution is 2.37.